The van der Waals surface area contributed by atoms with Crippen molar-refractivity contribution < 1.29 is 19.4 Å². The topological polar surface area (TPSA) is 79.7 Å². The van der Waals surface area contributed by atoms with Crippen LogP contribution >= 0.6 is 0 Å². The molecule has 1 aromatic heterocycles. The van der Waals surface area contributed by atoms with Crippen LogP contribution in [0.4, 0.5) is 0 Å². The lowest BCUT2D eigenvalue weighted by Crippen LogP contribution is -2.55. The molecule has 1 aromatic rings. The average molecular weight is 290 g/mol. The van der Waals surface area contributed by atoms with E-state index in [1.807, 2.05) is 0 Å². The van der Waals surface area contributed by atoms with E-state index in [2.05, 4.69) is 4.98 Å². The predicted octanol–water partition coefficient (Wildman–Crippen LogP) is 1.56. The molecule has 0 aromatic carbocycles. The number of rotatable bonds is 2. The van der Waals surface area contributed by atoms with Crippen LogP contribution in [0.1, 0.15) is 46.5 Å². The molecule has 0 radical (unpaired) electrons. The summed E-state index contributed by atoms with van der Waals surface area (Å²) in [5.74, 6) is -1.42. The van der Waals surface area contributed by atoms with Gasteiger partial charge in [-0.15, -0.1) is 0 Å². The molecule has 1 amide bonds. The van der Waals surface area contributed by atoms with Crippen LogP contribution in [0.5, 0.6) is 0 Å². The monoisotopic (exact) mass is 290 g/mol. The number of carboxylic acid groups (broad SMARTS) is 1. The molecule has 1 saturated carbocycles. The second-order valence-corrected chi connectivity index (χ2v) is 5.46. The summed E-state index contributed by atoms with van der Waals surface area (Å²) in [6.45, 7) is 0.998. The van der Waals surface area contributed by atoms with Crippen molar-refractivity contribution >= 4 is 11.9 Å². The van der Waals surface area contributed by atoms with Gasteiger partial charge in [-0.1, -0.05) is 12.8 Å². The fraction of sp³-hybridized carbons (Fsp3) is 0.533. The summed E-state index contributed by atoms with van der Waals surface area (Å²) in [7, 11) is 0. The normalized spacial score (nSPS) is 25.2. The molecule has 112 valence electrons. The number of hydrogen-bond donors (Lipinski definition) is 1. The number of carboxylic acids is 1. The minimum absolute atomic E-state index is 0.0243. The summed E-state index contributed by atoms with van der Waals surface area (Å²) in [4.78, 5) is 29.7. The van der Waals surface area contributed by atoms with Crippen molar-refractivity contribution in [3.8, 4) is 0 Å². The molecule has 2 atom stereocenters. The fourth-order valence-corrected chi connectivity index (χ4v) is 3.23. The number of morpholine rings is 1. The van der Waals surface area contributed by atoms with Crippen molar-refractivity contribution in [3.05, 3.63) is 29.6 Å². The highest BCUT2D eigenvalue weighted by Crippen LogP contribution is 2.29. The smallest absolute Gasteiger partial charge is 0.338 e. The number of hydrogen-bond acceptors (Lipinski definition) is 4. The molecular formula is C15H18N2O4. The molecule has 3 rings (SSSR count). The van der Waals surface area contributed by atoms with Gasteiger partial charge in [0.2, 0.25) is 0 Å². The Hall–Kier alpha value is -1.95. The number of aromatic carboxylic acids is 1. The Morgan fingerprint density at radius 1 is 1.33 bits per heavy atom. The van der Waals surface area contributed by atoms with Gasteiger partial charge in [-0.05, 0) is 25.0 Å². The van der Waals surface area contributed by atoms with Gasteiger partial charge in [0.25, 0.3) is 5.91 Å². The third-order valence-corrected chi connectivity index (χ3v) is 4.23. The van der Waals surface area contributed by atoms with E-state index in [0.29, 0.717) is 13.2 Å². The lowest BCUT2D eigenvalue weighted by molar-refractivity contribution is -0.0754. The number of ether oxygens (including phenoxy) is 1. The maximum absolute atomic E-state index is 12.7. The Morgan fingerprint density at radius 2 is 2.14 bits per heavy atom. The van der Waals surface area contributed by atoms with Crippen LogP contribution in [-0.2, 0) is 4.74 Å². The van der Waals surface area contributed by atoms with E-state index in [9.17, 15) is 14.7 Å². The van der Waals surface area contributed by atoms with Crippen molar-refractivity contribution in [1.82, 2.24) is 9.88 Å². The maximum Gasteiger partial charge on any atom is 0.338 e. The highest BCUT2D eigenvalue weighted by molar-refractivity contribution is 6.03. The summed E-state index contributed by atoms with van der Waals surface area (Å²) in [5.41, 5.74) is -0.0161. The molecule has 1 N–H and O–H groups in total. The Bertz CT molecular complexity index is 558. The Kier molecular flexibility index (Phi) is 3.88. The van der Waals surface area contributed by atoms with Gasteiger partial charge in [0.1, 0.15) is 5.69 Å². The van der Waals surface area contributed by atoms with Crippen LogP contribution in [0.25, 0.3) is 0 Å². The molecule has 6 heteroatoms. The molecule has 0 spiro atoms. The van der Waals surface area contributed by atoms with Crippen molar-refractivity contribution in [2.24, 2.45) is 0 Å². The minimum Gasteiger partial charge on any atom is -0.478 e. The summed E-state index contributed by atoms with van der Waals surface area (Å²) >= 11 is 0. The zero-order valence-electron chi connectivity index (χ0n) is 11.7. The third kappa shape index (κ3) is 2.63. The Balaban J connectivity index is 1.89. The zero-order chi connectivity index (χ0) is 14.8. The van der Waals surface area contributed by atoms with Gasteiger partial charge in [-0.25, -0.2) is 4.79 Å². The molecule has 2 aliphatic rings. The minimum atomic E-state index is -1.13. The first-order valence-corrected chi connectivity index (χ1v) is 7.29. The third-order valence-electron chi connectivity index (χ3n) is 4.23. The van der Waals surface area contributed by atoms with Gasteiger partial charge in [0.15, 0.2) is 0 Å². The molecular weight excluding hydrogens is 272 g/mol. The number of fused-ring (bicyclic) bond motifs is 1. The molecule has 1 aliphatic heterocycles. The van der Waals surface area contributed by atoms with Gasteiger partial charge in [-0.2, -0.15) is 0 Å². The number of carbonyl (C=O) groups is 2. The highest BCUT2D eigenvalue weighted by atomic mass is 16.5. The molecule has 1 aliphatic carbocycles. The largest absolute Gasteiger partial charge is 0.478 e. The molecule has 2 heterocycles. The number of nitrogens with zero attached hydrogens (tertiary/aromatic N) is 2. The first-order chi connectivity index (χ1) is 10.2. The van der Waals surface area contributed by atoms with E-state index in [1.165, 1.54) is 18.3 Å². The first kappa shape index (κ1) is 14.0. The van der Waals surface area contributed by atoms with E-state index in [1.54, 1.807) is 4.90 Å². The summed E-state index contributed by atoms with van der Waals surface area (Å²) < 4.78 is 5.75. The number of amides is 1. The van der Waals surface area contributed by atoms with Crippen molar-refractivity contribution in [2.45, 2.75) is 37.8 Å². The quantitative estimate of drug-likeness (QED) is 0.894. The van der Waals surface area contributed by atoms with Crippen molar-refractivity contribution in [2.75, 3.05) is 13.2 Å². The van der Waals surface area contributed by atoms with Gasteiger partial charge in [-0.3, -0.25) is 9.78 Å². The van der Waals surface area contributed by atoms with Gasteiger partial charge < -0.3 is 14.7 Å². The van der Waals surface area contributed by atoms with Crippen LogP contribution in [0, 0.1) is 0 Å². The van der Waals surface area contributed by atoms with Gasteiger partial charge in [0, 0.05) is 12.7 Å². The highest BCUT2D eigenvalue weighted by Gasteiger charge is 2.38. The first-order valence-electron chi connectivity index (χ1n) is 7.29. The second-order valence-electron chi connectivity index (χ2n) is 5.46. The lowest BCUT2D eigenvalue weighted by atomic mass is 9.90. The van der Waals surface area contributed by atoms with Crippen LogP contribution in [0.3, 0.4) is 0 Å². The van der Waals surface area contributed by atoms with Gasteiger partial charge >= 0.3 is 5.97 Å². The van der Waals surface area contributed by atoms with Crippen molar-refractivity contribution in [1.29, 1.82) is 0 Å². The lowest BCUT2D eigenvalue weighted by Gasteiger charge is -2.43. The van der Waals surface area contributed by atoms with E-state index < -0.39 is 5.97 Å². The number of pyridine rings is 1. The molecule has 21 heavy (non-hydrogen) atoms. The molecule has 6 nitrogen and oxygen atoms in total. The molecule has 2 fully saturated rings. The Labute approximate surface area is 122 Å². The van der Waals surface area contributed by atoms with Crippen molar-refractivity contribution in [3.63, 3.8) is 0 Å². The predicted molar refractivity (Wildman–Crippen MR) is 74.2 cm³/mol. The van der Waals surface area contributed by atoms with E-state index in [-0.39, 0.29) is 29.3 Å². The average Bonchev–Trinajstić information content (AvgIpc) is 2.53. The van der Waals surface area contributed by atoms with Crippen LogP contribution in [0.15, 0.2) is 18.3 Å². The summed E-state index contributed by atoms with van der Waals surface area (Å²) in [6.07, 6.45) is 5.59. The standard InChI is InChI=1S/C15H18N2O4/c18-14(13-10(15(19)20)4-3-7-16-13)17-8-9-21-12-6-2-1-5-11(12)17/h3-4,7,11-12H,1-2,5-6,8-9H2,(H,19,20). The van der Waals surface area contributed by atoms with Crippen LogP contribution < -0.4 is 0 Å². The molecule has 2 unspecified atom stereocenters. The van der Waals surface area contributed by atoms with E-state index >= 15 is 0 Å². The molecule has 0 bridgehead atoms. The summed E-state index contributed by atoms with van der Waals surface area (Å²) in [5, 5.41) is 9.21. The van der Waals surface area contributed by atoms with E-state index in [4.69, 9.17) is 4.74 Å². The molecule has 1 saturated heterocycles. The number of aromatic nitrogens is 1. The van der Waals surface area contributed by atoms with Gasteiger partial charge in [0.05, 0.1) is 24.3 Å². The SMILES string of the molecule is O=C(O)c1cccnc1C(=O)N1CCOC2CCCCC21. The zero-order valence-corrected chi connectivity index (χ0v) is 11.7. The van der Waals surface area contributed by atoms with Crippen LogP contribution in [-0.4, -0.2) is 52.2 Å². The Morgan fingerprint density at radius 3 is 2.95 bits per heavy atom. The maximum atomic E-state index is 12.7. The van der Waals surface area contributed by atoms with Crippen LogP contribution in [0.2, 0.25) is 0 Å². The van der Waals surface area contributed by atoms with E-state index in [0.717, 1.165) is 25.7 Å². The fourth-order valence-electron chi connectivity index (χ4n) is 3.23. The second kappa shape index (κ2) is 5.81. The summed E-state index contributed by atoms with van der Waals surface area (Å²) in [6, 6.07) is 2.99. The number of carbonyl (C=O) groups excluding carboxylic acids is 1.